The summed E-state index contributed by atoms with van der Waals surface area (Å²) in [7, 11) is 0. The first-order valence-electron chi connectivity index (χ1n) is 6.45. The van der Waals surface area contributed by atoms with Gasteiger partial charge in [0.25, 0.3) is 0 Å². The minimum absolute atomic E-state index is 0.642. The second-order valence-corrected chi connectivity index (χ2v) is 3.92. The van der Waals surface area contributed by atoms with Gasteiger partial charge in [0.2, 0.25) is 0 Å². The summed E-state index contributed by atoms with van der Waals surface area (Å²) in [4.78, 5) is 0. The third kappa shape index (κ3) is 3.91. The molecule has 3 heteroatoms. The van der Waals surface area contributed by atoms with Crippen LogP contribution in [-0.2, 0) is 0 Å². The highest BCUT2D eigenvalue weighted by molar-refractivity contribution is 5.39. The fourth-order valence-electron chi connectivity index (χ4n) is 1.72. The molecule has 0 radical (unpaired) electrons. The topological polar surface area (TPSA) is 27.7 Å². The van der Waals surface area contributed by atoms with Gasteiger partial charge in [-0.05, 0) is 38.1 Å². The van der Waals surface area contributed by atoms with Gasteiger partial charge < -0.3 is 14.2 Å². The van der Waals surface area contributed by atoms with Crippen LogP contribution < -0.4 is 14.2 Å². The Hall–Kier alpha value is -2.16. The Balaban J connectivity index is 2.11. The van der Waals surface area contributed by atoms with E-state index in [0.717, 1.165) is 23.0 Å². The maximum atomic E-state index is 5.79. The van der Waals surface area contributed by atoms with Crippen molar-refractivity contribution in [2.24, 2.45) is 0 Å². The molecule has 0 amide bonds. The van der Waals surface area contributed by atoms with Crippen molar-refractivity contribution in [1.82, 2.24) is 0 Å². The number of hydrogen-bond donors (Lipinski definition) is 0. The average Bonchev–Trinajstić information content (AvgIpc) is 2.40. The van der Waals surface area contributed by atoms with Crippen molar-refractivity contribution in [1.29, 1.82) is 0 Å². The molecule has 2 rings (SSSR count). The third-order valence-corrected chi connectivity index (χ3v) is 2.47. The summed E-state index contributed by atoms with van der Waals surface area (Å²) in [6.45, 7) is 5.20. The summed E-state index contributed by atoms with van der Waals surface area (Å²) in [6, 6.07) is 15.2. The highest BCUT2D eigenvalue weighted by Gasteiger charge is 2.01. The normalized spacial score (nSPS) is 10.0. The van der Waals surface area contributed by atoms with E-state index in [2.05, 4.69) is 0 Å². The molecule has 0 N–H and O–H groups in total. The van der Waals surface area contributed by atoms with Gasteiger partial charge in [-0.2, -0.15) is 0 Å². The molecule has 0 atom stereocenters. The maximum Gasteiger partial charge on any atom is 0.131 e. The van der Waals surface area contributed by atoms with E-state index in [-0.39, 0.29) is 0 Å². The van der Waals surface area contributed by atoms with Gasteiger partial charge in [0, 0.05) is 12.1 Å². The fraction of sp³-hybridized carbons (Fsp3) is 0.250. The van der Waals surface area contributed by atoms with Crippen LogP contribution in [-0.4, -0.2) is 13.2 Å². The standard InChI is InChI=1S/C16H18O3/c1-3-17-13-7-5-9-15(11-13)19-16-10-6-8-14(12-16)18-4-2/h5-12H,3-4H2,1-2H3. The zero-order valence-corrected chi connectivity index (χ0v) is 11.3. The molecule has 0 fully saturated rings. The molecule has 19 heavy (non-hydrogen) atoms. The summed E-state index contributed by atoms with van der Waals surface area (Å²) in [6.07, 6.45) is 0. The lowest BCUT2D eigenvalue weighted by Crippen LogP contribution is -1.93. The van der Waals surface area contributed by atoms with Gasteiger partial charge in [-0.15, -0.1) is 0 Å². The average molecular weight is 258 g/mol. The predicted octanol–water partition coefficient (Wildman–Crippen LogP) is 4.28. The van der Waals surface area contributed by atoms with Gasteiger partial charge in [0.05, 0.1) is 13.2 Å². The maximum absolute atomic E-state index is 5.79. The van der Waals surface area contributed by atoms with Crippen LogP contribution in [0.25, 0.3) is 0 Å². The fourth-order valence-corrected chi connectivity index (χ4v) is 1.72. The highest BCUT2D eigenvalue weighted by Crippen LogP contribution is 2.27. The minimum atomic E-state index is 0.642. The van der Waals surface area contributed by atoms with Gasteiger partial charge in [0.1, 0.15) is 23.0 Å². The lowest BCUT2D eigenvalue weighted by molar-refractivity contribution is 0.336. The quantitative estimate of drug-likeness (QED) is 0.774. The van der Waals surface area contributed by atoms with E-state index >= 15 is 0 Å². The molecule has 0 aliphatic carbocycles. The van der Waals surface area contributed by atoms with E-state index in [4.69, 9.17) is 14.2 Å². The number of benzene rings is 2. The molecule has 2 aromatic carbocycles. The Morgan fingerprint density at radius 2 is 1.11 bits per heavy atom. The summed E-state index contributed by atoms with van der Waals surface area (Å²) in [5, 5.41) is 0. The van der Waals surface area contributed by atoms with Crippen LogP contribution in [0.2, 0.25) is 0 Å². The van der Waals surface area contributed by atoms with E-state index < -0.39 is 0 Å². The van der Waals surface area contributed by atoms with Crippen molar-refractivity contribution >= 4 is 0 Å². The molecule has 0 saturated heterocycles. The Labute approximate surface area is 113 Å². The lowest BCUT2D eigenvalue weighted by atomic mass is 10.3. The predicted molar refractivity (Wildman–Crippen MR) is 75.3 cm³/mol. The molecular formula is C16H18O3. The largest absolute Gasteiger partial charge is 0.494 e. The van der Waals surface area contributed by atoms with Gasteiger partial charge in [-0.3, -0.25) is 0 Å². The van der Waals surface area contributed by atoms with Gasteiger partial charge in [-0.1, -0.05) is 12.1 Å². The van der Waals surface area contributed by atoms with E-state index in [1.165, 1.54) is 0 Å². The smallest absolute Gasteiger partial charge is 0.131 e. The third-order valence-electron chi connectivity index (χ3n) is 2.47. The monoisotopic (exact) mass is 258 g/mol. The Morgan fingerprint density at radius 1 is 0.684 bits per heavy atom. The van der Waals surface area contributed by atoms with E-state index in [0.29, 0.717) is 13.2 Å². The second-order valence-electron chi connectivity index (χ2n) is 3.92. The van der Waals surface area contributed by atoms with E-state index in [9.17, 15) is 0 Å². The van der Waals surface area contributed by atoms with E-state index in [1.807, 2.05) is 62.4 Å². The SMILES string of the molecule is CCOc1cccc(Oc2cccc(OCC)c2)c1. The van der Waals surface area contributed by atoms with Gasteiger partial charge >= 0.3 is 0 Å². The molecule has 3 nitrogen and oxygen atoms in total. The molecular weight excluding hydrogens is 240 g/mol. The summed E-state index contributed by atoms with van der Waals surface area (Å²) in [5.74, 6) is 3.11. The summed E-state index contributed by atoms with van der Waals surface area (Å²) >= 11 is 0. The Bertz CT molecular complexity index is 475. The number of rotatable bonds is 6. The Kier molecular flexibility index (Phi) is 4.67. The first kappa shape index (κ1) is 13.3. The van der Waals surface area contributed by atoms with Crippen molar-refractivity contribution < 1.29 is 14.2 Å². The van der Waals surface area contributed by atoms with Crippen LogP contribution in [0.4, 0.5) is 0 Å². The first-order valence-corrected chi connectivity index (χ1v) is 6.45. The molecule has 0 aliphatic heterocycles. The molecule has 0 aromatic heterocycles. The van der Waals surface area contributed by atoms with Gasteiger partial charge in [-0.25, -0.2) is 0 Å². The molecule has 0 spiro atoms. The second kappa shape index (κ2) is 6.69. The molecule has 0 bridgehead atoms. The van der Waals surface area contributed by atoms with Crippen LogP contribution in [0.3, 0.4) is 0 Å². The van der Waals surface area contributed by atoms with E-state index in [1.54, 1.807) is 0 Å². The van der Waals surface area contributed by atoms with Crippen LogP contribution in [0.5, 0.6) is 23.0 Å². The van der Waals surface area contributed by atoms with Crippen molar-refractivity contribution in [2.75, 3.05) is 13.2 Å². The van der Waals surface area contributed by atoms with Gasteiger partial charge in [0.15, 0.2) is 0 Å². The summed E-state index contributed by atoms with van der Waals surface area (Å²) < 4.78 is 16.7. The molecule has 0 aliphatic rings. The molecule has 100 valence electrons. The minimum Gasteiger partial charge on any atom is -0.494 e. The van der Waals surface area contributed by atoms with Crippen LogP contribution in [0.15, 0.2) is 48.5 Å². The molecule has 0 saturated carbocycles. The van der Waals surface area contributed by atoms with Crippen molar-refractivity contribution in [3.63, 3.8) is 0 Å². The number of ether oxygens (including phenoxy) is 3. The van der Waals surface area contributed by atoms with Crippen LogP contribution in [0, 0.1) is 0 Å². The summed E-state index contributed by atoms with van der Waals surface area (Å²) in [5.41, 5.74) is 0. The highest BCUT2D eigenvalue weighted by atomic mass is 16.5. The first-order chi connectivity index (χ1) is 9.31. The van der Waals surface area contributed by atoms with Crippen molar-refractivity contribution in [3.05, 3.63) is 48.5 Å². The van der Waals surface area contributed by atoms with Crippen LogP contribution in [0.1, 0.15) is 13.8 Å². The van der Waals surface area contributed by atoms with Crippen molar-refractivity contribution in [3.8, 4) is 23.0 Å². The van der Waals surface area contributed by atoms with Crippen molar-refractivity contribution in [2.45, 2.75) is 13.8 Å². The zero-order valence-electron chi connectivity index (χ0n) is 11.3. The Morgan fingerprint density at radius 3 is 1.53 bits per heavy atom. The zero-order chi connectivity index (χ0) is 13.5. The lowest BCUT2D eigenvalue weighted by Gasteiger charge is -2.09. The molecule has 0 unspecified atom stereocenters. The molecule has 2 aromatic rings. The van der Waals surface area contributed by atoms with Crippen LogP contribution >= 0.6 is 0 Å². The molecule has 0 heterocycles. The number of hydrogen-bond acceptors (Lipinski definition) is 3.